The summed E-state index contributed by atoms with van der Waals surface area (Å²) in [6.45, 7) is 1.21. The van der Waals surface area contributed by atoms with Crippen molar-refractivity contribution in [3.63, 3.8) is 0 Å². The van der Waals surface area contributed by atoms with E-state index >= 15 is 0 Å². The summed E-state index contributed by atoms with van der Waals surface area (Å²) in [5, 5.41) is 0. The third kappa shape index (κ3) is 2.53. The molecule has 118 valence electrons. The largest absolute Gasteiger partial charge is 0.494 e. The lowest BCUT2D eigenvalue weighted by Gasteiger charge is -2.27. The van der Waals surface area contributed by atoms with Gasteiger partial charge in [-0.25, -0.2) is 9.78 Å². The molecule has 0 bridgehead atoms. The molecular weight excluding hydrogens is 308 g/mol. The fraction of sp³-hybridized carbons (Fsp3) is 0.467. The van der Waals surface area contributed by atoms with Crippen LogP contribution >= 0.6 is 11.6 Å². The van der Waals surface area contributed by atoms with Crippen molar-refractivity contribution in [1.82, 2.24) is 9.55 Å². The van der Waals surface area contributed by atoms with Crippen molar-refractivity contribution >= 4 is 28.6 Å². The lowest BCUT2D eigenvalue weighted by molar-refractivity contribution is -0.0589. The molecule has 0 unspecified atom stereocenters. The molecule has 22 heavy (non-hydrogen) atoms. The van der Waals surface area contributed by atoms with Crippen molar-refractivity contribution in [1.29, 1.82) is 0 Å². The number of methoxy groups -OCH3 is 2. The Labute approximate surface area is 137 Å². The predicted molar refractivity (Wildman–Crippen MR) is 81.5 cm³/mol. The van der Waals surface area contributed by atoms with E-state index in [0.29, 0.717) is 30.0 Å². The standard InChI is InChI=1S/C15H17ClN2O4/c1-20-12-6-9(15(19)21-2)5-11-14(12)17-13(7-16)18(11)8-10-3-4-22-10/h5-6,10H,3-4,7-8H2,1-2H3/t10-/m0/s1/i1D3. The van der Waals surface area contributed by atoms with E-state index in [1.54, 1.807) is 6.07 Å². The van der Waals surface area contributed by atoms with Gasteiger partial charge in [-0.2, -0.15) is 0 Å². The van der Waals surface area contributed by atoms with Crippen molar-refractivity contribution in [3.05, 3.63) is 23.5 Å². The molecule has 1 atom stereocenters. The number of halogens is 1. The van der Waals surface area contributed by atoms with Crippen LogP contribution in [0.25, 0.3) is 11.0 Å². The van der Waals surface area contributed by atoms with E-state index in [2.05, 4.69) is 4.98 Å². The number of aromatic nitrogens is 2. The highest BCUT2D eigenvalue weighted by Crippen LogP contribution is 2.30. The number of hydrogen-bond donors (Lipinski definition) is 0. The van der Waals surface area contributed by atoms with Crippen molar-refractivity contribution in [2.45, 2.75) is 24.9 Å². The summed E-state index contributed by atoms with van der Waals surface area (Å²) < 4.78 is 39.1. The van der Waals surface area contributed by atoms with Crippen LogP contribution < -0.4 is 4.74 Å². The minimum atomic E-state index is -2.68. The van der Waals surface area contributed by atoms with Gasteiger partial charge in [0.2, 0.25) is 0 Å². The van der Waals surface area contributed by atoms with Crippen LogP contribution in [0, 0.1) is 0 Å². The second-order valence-electron chi connectivity index (χ2n) is 4.99. The van der Waals surface area contributed by atoms with Crippen molar-refractivity contribution < 1.29 is 23.1 Å². The lowest BCUT2D eigenvalue weighted by atomic mass is 10.1. The summed E-state index contributed by atoms with van der Waals surface area (Å²) in [6.07, 6.45) is 0.949. The second kappa shape index (κ2) is 6.14. The first-order chi connectivity index (χ1) is 11.8. The van der Waals surface area contributed by atoms with Gasteiger partial charge in [0.1, 0.15) is 17.1 Å². The van der Waals surface area contributed by atoms with Gasteiger partial charge in [-0.3, -0.25) is 0 Å². The molecule has 3 rings (SSSR count). The molecule has 1 saturated heterocycles. The number of esters is 1. The molecule has 1 fully saturated rings. The summed E-state index contributed by atoms with van der Waals surface area (Å²) in [4.78, 5) is 16.4. The average Bonchev–Trinajstić information content (AvgIpc) is 2.86. The number of carbonyl (C=O) groups excluding carboxylic acids is 1. The number of imidazole rings is 1. The van der Waals surface area contributed by atoms with Crippen molar-refractivity contribution in [3.8, 4) is 5.75 Å². The molecule has 0 aliphatic carbocycles. The van der Waals surface area contributed by atoms with E-state index in [0.717, 1.165) is 6.42 Å². The van der Waals surface area contributed by atoms with Crippen LogP contribution in [-0.4, -0.2) is 42.4 Å². The molecule has 7 heteroatoms. The van der Waals surface area contributed by atoms with E-state index in [1.807, 2.05) is 4.57 Å². The molecule has 1 aromatic heterocycles. The van der Waals surface area contributed by atoms with Crippen LogP contribution in [0.2, 0.25) is 0 Å². The maximum atomic E-state index is 12.0. The molecule has 0 radical (unpaired) electrons. The molecule has 6 nitrogen and oxygen atoms in total. The molecule has 0 amide bonds. The molecule has 1 aliphatic heterocycles. The number of nitrogens with zero attached hydrogens (tertiary/aromatic N) is 2. The Morgan fingerprint density at radius 2 is 2.45 bits per heavy atom. The number of carbonyl (C=O) groups is 1. The highest BCUT2D eigenvalue weighted by molar-refractivity contribution is 6.17. The highest BCUT2D eigenvalue weighted by atomic mass is 35.5. The first-order valence-electron chi connectivity index (χ1n) is 8.30. The van der Waals surface area contributed by atoms with Crippen LogP contribution in [-0.2, 0) is 21.9 Å². The van der Waals surface area contributed by atoms with Crippen LogP contribution in [0.4, 0.5) is 0 Å². The number of hydrogen-bond acceptors (Lipinski definition) is 5. The molecule has 0 N–H and O–H groups in total. The van der Waals surface area contributed by atoms with E-state index < -0.39 is 13.0 Å². The van der Waals surface area contributed by atoms with Gasteiger partial charge in [-0.1, -0.05) is 0 Å². The average molecular weight is 328 g/mol. The van der Waals surface area contributed by atoms with Gasteiger partial charge < -0.3 is 18.8 Å². The number of ether oxygens (including phenoxy) is 3. The predicted octanol–water partition coefficient (Wildman–Crippen LogP) is 2.36. The van der Waals surface area contributed by atoms with E-state index in [1.165, 1.54) is 13.2 Å². The third-order valence-corrected chi connectivity index (χ3v) is 3.97. The van der Waals surface area contributed by atoms with Crippen LogP contribution in [0.1, 0.15) is 26.7 Å². The summed E-state index contributed by atoms with van der Waals surface area (Å²) in [6, 6.07) is 2.91. The fourth-order valence-electron chi connectivity index (χ4n) is 2.49. The Morgan fingerprint density at radius 3 is 3.05 bits per heavy atom. The highest BCUT2D eigenvalue weighted by Gasteiger charge is 2.23. The maximum absolute atomic E-state index is 12.0. The minimum Gasteiger partial charge on any atom is -0.494 e. The monoisotopic (exact) mass is 327 g/mol. The van der Waals surface area contributed by atoms with Crippen LogP contribution in [0.3, 0.4) is 0 Å². The van der Waals surface area contributed by atoms with Gasteiger partial charge in [0.05, 0.1) is 47.9 Å². The van der Waals surface area contributed by atoms with Gasteiger partial charge in [0.15, 0.2) is 0 Å². The molecule has 1 aromatic carbocycles. The molecular formula is C15H17ClN2O4. The van der Waals surface area contributed by atoms with Gasteiger partial charge in [0, 0.05) is 6.61 Å². The quantitative estimate of drug-likeness (QED) is 0.623. The normalized spacial score (nSPS) is 19.9. The minimum absolute atomic E-state index is 0.0162. The van der Waals surface area contributed by atoms with Crippen molar-refractivity contribution in [2.24, 2.45) is 0 Å². The third-order valence-electron chi connectivity index (χ3n) is 3.73. The van der Waals surface area contributed by atoms with E-state index in [-0.39, 0.29) is 23.3 Å². The molecule has 0 spiro atoms. The molecule has 2 aromatic rings. The zero-order valence-corrected chi connectivity index (χ0v) is 12.7. The number of fused-ring (bicyclic) bond motifs is 1. The van der Waals surface area contributed by atoms with Gasteiger partial charge in [0.25, 0.3) is 0 Å². The first-order valence-corrected chi connectivity index (χ1v) is 7.34. The van der Waals surface area contributed by atoms with Gasteiger partial charge in [-0.05, 0) is 18.6 Å². The summed E-state index contributed by atoms with van der Waals surface area (Å²) >= 11 is 6.00. The van der Waals surface area contributed by atoms with Crippen LogP contribution in [0.15, 0.2) is 12.1 Å². The first kappa shape index (κ1) is 11.7. The second-order valence-corrected chi connectivity index (χ2v) is 5.26. The molecule has 1 aliphatic rings. The molecule has 0 saturated carbocycles. The van der Waals surface area contributed by atoms with E-state index in [4.69, 9.17) is 29.9 Å². The smallest absolute Gasteiger partial charge is 0.338 e. The van der Waals surface area contributed by atoms with E-state index in [9.17, 15) is 4.79 Å². The van der Waals surface area contributed by atoms with Crippen LogP contribution in [0.5, 0.6) is 5.75 Å². The van der Waals surface area contributed by atoms with Crippen molar-refractivity contribution in [2.75, 3.05) is 20.8 Å². The lowest BCUT2D eigenvalue weighted by Crippen LogP contribution is -2.31. The number of rotatable bonds is 5. The van der Waals surface area contributed by atoms with Gasteiger partial charge >= 0.3 is 5.97 Å². The maximum Gasteiger partial charge on any atom is 0.338 e. The molecule has 2 heterocycles. The Balaban J connectivity index is 2.16. The Kier molecular flexibility index (Phi) is 3.28. The zero-order chi connectivity index (χ0) is 18.2. The Hall–Kier alpha value is -1.79. The Morgan fingerprint density at radius 1 is 1.64 bits per heavy atom. The SMILES string of the molecule is [2H]C([2H])([2H])Oc1cc(C(=O)OC)cc2c1nc(CCl)n2C[C@@H]1CCO1. The summed E-state index contributed by atoms with van der Waals surface area (Å²) in [5.41, 5.74) is 1.05. The zero-order valence-electron chi connectivity index (χ0n) is 15.0. The Bertz CT molecular complexity index is 802. The summed E-state index contributed by atoms with van der Waals surface area (Å²) in [5.74, 6) is 0.0572. The topological polar surface area (TPSA) is 62.6 Å². The van der Waals surface area contributed by atoms with Gasteiger partial charge in [-0.15, -0.1) is 11.6 Å². The fourth-order valence-corrected chi connectivity index (χ4v) is 2.70. The summed E-state index contributed by atoms with van der Waals surface area (Å²) in [7, 11) is -1.43. The number of alkyl halides is 1. The number of benzene rings is 1.